The van der Waals surface area contributed by atoms with Crippen LogP contribution in [0, 0.1) is 5.92 Å². The molecular weight excluding hydrogens is 383 g/mol. The summed E-state index contributed by atoms with van der Waals surface area (Å²) in [5.74, 6) is -2.66. The molecule has 5 nitrogen and oxygen atoms in total. The van der Waals surface area contributed by atoms with Crippen LogP contribution in [-0.2, 0) is 16.1 Å². The Kier molecular flexibility index (Phi) is 6.22. The topological polar surface area (TPSA) is 84.2 Å². The van der Waals surface area contributed by atoms with Crippen LogP contribution in [0.4, 0.5) is 13.2 Å². The molecule has 0 aliphatic carbocycles. The molecule has 3 unspecified atom stereocenters. The fraction of sp³-hybridized carbons (Fsp3) is 0.333. The average Bonchev–Trinajstić information content (AvgIpc) is 2.72. The lowest BCUT2D eigenvalue weighted by Gasteiger charge is -2.31. The number of nitrogens with one attached hydrogen (secondary N) is 2. The van der Waals surface area contributed by atoms with Crippen LogP contribution in [0.3, 0.4) is 0 Å². The molecule has 1 fully saturated rings. The number of halogens is 3. The molecule has 0 bridgehead atoms. The Bertz CT molecular complexity index is 854. The number of alkyl halides is 3. The predicted molar refractivity (Wildman–Crippen MR) is 101 cm³/mol. The number of hydrogen-bond donors (Lipinski definition) is 3. The third-order valence-corrected chi connectivity index (χ3v) is 5.06. The van der Waals surface area contributed by atoms with Gasteiger partial charge in [-0.2, -0.15) is 13.2 Å². The van der Waals surface area contributed by atoms with Crippen LogP contribution < -0.4 is 16.4 Å². The minimum Gasteiger partial charge on any atom is -0.344 e. The van der Waals surface area contributed by atoms with E-state index in [1.807, 2.05) is 59.9 Å². The molecule has 1 saturated heterocycles. The zero-order valence-corrected chi connectivity index (χ0v) is 15.6. The van der Waals surface area contributed by atoms with Crippen LogP contribution in [0.2, 0.25) is 0 Å². The molecular formula is C21H22F3N3O2. The van der Waals surface area contributed by atoms with E-state index in [0.29, 0.717) is 6.54 Å². The van der Waals surface area contributed by atoms with Crippen molar-refractivity contribution in [2.75, 3.05) is 0 Å². The quantitative estimate of drug-likeness (QED) is 0.669. The van der Waals surface area contributed by atoms with Gasteiger partial charge in [-0.15, -0.1) is 0 Å². The molecule has 4 N–H and O–H groups in total. The van der Waals surface area contributed by atoms with Gasteiger partial charge in [0, 0.05) is 6.54 Å². The third-order valence-electron chi connectivity index (χ3n) is 5.06. The van der Waals surface area contributed by atoms with Crippen molar-refractivity contribution in [3.63, 3.8) is 0 Å². The lowest BCUT2D eigenvalue weighted by Crippen LogP contribution is -2.54. The summed E-state index contributed by atoms with van der Waals surface area (Å²) < 4.78 is 38.5. The fourth-order valence-electron chi connectivity index (χ4n) is 3.40. The first-order valence-electron chi connectivity index (χ1n) is 9.31. The van der Waals surface area contributed by atoms with Gasteiger partial charge in [0.15, 0.2) is 0 Å². The summed E-state index contributed by atoms with van der Waals surface area (Å²) >= 11 is 0. The molecule has 3 atom stereocenters. The van der Waals surface area contributed by atoms with Gasteiger partial charge in [0.1, 0.15) is 12.0 Å². The Balaban J connectivity index is 1.79. The number of hydrogen-bond acceptors (Lipinski definition) is 3. The Morgan fingerprint density at radius 1 is 1.07 bits per heavy atom. The summed E-state index contributed by atoms with van der Waals surface area (Å²) in [7, 11) is 0. The first-order chi connectivity index (χ1) is 13.8. The maximum absolute atomic E-state index is 12.8. The number of nitrogens with two attached hydrogens (primary N) is 1. The minimum absolute atomic E-state index is 0.157. The van der Waals surface area contributed by atoms with Crippen LogP contribution in [0.25, 0.3) is 0 Å². The van der Waals surface area contributed by atoms with Gasteiger partial charge in [0.25, 0.3) is 0 Å². The first-order valence-corrected chi connectivity index (χ1v) is 9.31. The van der Waals surface area contributed by atoms with E-state index in [4.69, 9.17) is 5.73 Å². The standard InChI is InChI=1S/C21H22F3N3O2/c22-21(23,24)17-11-10-16(19(28)26-17)20(29)27-18(14-4-2-1-3-5-14)15-8-6-13(12-25)7-9-15/h1-9,16-18H,10-12,25H2,(H,26,28)(H,27,29). The molecule has 29 heavy (non-hydrogen) atoms. The van der Waals surface area contributed by atoms with Crippen molar-refractivity contribution < 1.29 is 22.8 Å². The number of amides is 2. The Hall–Kier alpha value is -2.87. The van der Waals surface area contributed by atoms with Crippen molar-refractivity contribution in [1.29, 1.82) is 0 Å². The lowest BCUT2D eigenvalue weighted by molar-refractivity contribution is -0.171. The highest BCUT2D eigenvalue weighted by molar-refractivity contribution is 6.01. The van der Waals surface area contributed by atoms with E-state index >= 15 is 0 Å². The Morgan fingerprint density at radius 3 is 2.24 bits per heavy atom. The zero-order valence-electron chi connectivity index (χ0n) is 15.6. The van der Waals surface area contributed by atoms with E-state index in [0.717, 1.165) is 16.7 Å². The second-order valence-corrected chi connectivity index (χ2v) is 7.03. The Labute approximate surface area is 166 Å². The highest BCUT2D eigenvalue weighted by Crippen LogP contribution is 2.29. The smallest absolute Gasteiger partial charge is 0.344 e. The number of carbonyl (C=O) groups excluding carboxylic acids is 2. The van der Waals surface area contributed by atoms with Crippen molar-refractivity contribution in [2.24, 2.45) is 11.7 Å². The van der Waals surface area contributed by atoms with Gasteiger partial charge in [0.05, 0.1) is 6.04 Å². The average molecular weight is 405 g/mol. The van der Waals surface area contributed by atoms with Gasteiger partial charge >= 0.3 is 6.18 Å². The van der Waals surface area contributed by atoms with Crippen LogP contribution in [0.15, 0.2) is 54.6 Å². The van der Waals surface area contributed by atoms with Gasteiger partial charge in [-0.05, 0) is 29.5 Å². The summed E-state index contributed by atoms with van der Waals surface area (Å²) in [5, 5.41) is 4.75. The minimum atomic E-state index is -4.52. The summed E-state index contributed by atoms with van der Waals surface area (Å²) in [6.07, 6.45) is -5.00. The maximum Gasteiger partial charge on any atom is 0.408 e. The summed E-state index contributed by atoms with van der Waals surface area (Å²) in [5.41, 5.74) is 8.14. The molecule has 2 amide bonds. The molecule has 1 aliphatic heterocycles. The molecule has 2 aromatic carbocycles. The van der Waals surface area contributed by atoms with Gasteiger partial charge in [0.2, 0.25) is 11.8 Å². The van der Waals surface area contributed by atoms with Crippen LogP contribution in [0.5, 0.6) is 0 Å². The highest BCUT2D eigenvalue weighted by atomic mass is 19.4. The second-order valence-electron chi connectivity index (χ2n) is 7.03. The van der Waals surface area contributed by atoms with E-state index < -0.39 is 36.0 Å². The molecule has 1 aliphatic rings. The molecule has 0 radical (unpaired) electrons. The highest BCUT2D eigenvalue weighted by Gasteiger charge is 2.46. The van der Waals surface area contributed by atoms with E-state index in [9.17, 15) is 22.8 Å². The molecule has 3 rings (SSSR count). The maximum atomic E-state index is 12.8. The molecule has 0 aromatic heterocycles. The monoisotopic (exact) mass is 405 g/mol. The van der Waals surface area contributed by atoms with Gasteiger partial charge in [-0.25, -0.2) is 0 Å². The van der Waals surface area contributed by atoms with Crippen LogP contribution >= 0.6 is 0 Å². The van der Waals surface area contributed by atoms with E-state index in [1.54, 1.807) is 0 Å². The van der Waals surface area contributed by atoms with Gasteiger partial charge in [-0.1, -0.05) is 54.6 Å². The number of rotatable bonds is 5. The normalized spacial score (nSPS) is 20.6. The van der Waals surface area contributed by atoms with E-state index in [-0.39, 0.29) is 12.8 Å². The summed E-state index contributed by atoms with van der Waals surface area (Å²) in [6, 6.07) is 14.1. The molecule has 154 valence electrons. The van der Waals surface area contributed by atoms with E-state index in [2.05, 4.69) is 5.32 Å². The van der Waals surface area contributed by atoms with Crippen molar-refractivity contribution in [2.45, 2.75) is 37.6 Å². The number of benzene rings is 2. The van der Waals surface area contributed by atoms with Gasteiger partial charge in [-0.3, -0.25) is 9.59 Å². The Morgan fingerprint density at radius 2 is 1.69 bits per heavy atom. The molecule has 1 heterocycles. The SMILES string of the molecule is NCc1ccc(C(NC(=O)C2CCC(C(F)(F)F)NC2=O)c2ccccc2)cc1. The molecule has 0 saturated carbocycles. The van der Waals surface area contributed by atoms with Gasteiger partial charge < -0.3 is 16.4 Å². The molecule has 8 heteroatoms. The molecule has 2 aromatic rings. The second kappa shape index (κ2) is 8.65. The van der Waals surface area contributed by atoms with Crippen LogP contribution in [0.1, 0.15) is 35.6 Å². The van der Waals surface area contributed by atoms with E-state index in [1.165, 1.54) is 0 Å². The summed E-state index contributed by atoms with van der Waals surface area (Å²) in [6.45, 7) is 0.380. The fourth-order valence-corrected chi connectivity index (χ4v) is 3.40. The lowest BCUT2D eigenvalue weighted by atomic mass is 9.91. The summed E-state index contributed by atoms with van der Waals surface area (Å²) in [4.78, 5) is 24.9. The third kappa shape index (κ3) is 4.95. The van der Waals surface area contributed by atoms with Crippen molar-refractivity contribution in [3.05, 3.63) is 71.3 Å². The van der Waals surface area contributed by atoms with Crippen LogP contribution in [-0.4, -0.2) is 24.0 Å². The van der Waals surface area contributed by atoms with Crippen molar-refractivity contribution in [1.82, 2.24) is 10.6 Å². The number of piperidine rings is 1. The predicted octanol–water partition coefficient (Wildman–Crippen LogP) is 2.81. The first kappa shape index (κ1) is 20.9. The molecule has 0 spiro atoms. The zero-order chi connectivity index (χ0) is 21.0. The largest absolute Gasteiger partial charge is 0.408 e. The van der Waals surface area contributed by atoms with Crippen molar-refractivity contribution in [3.8, 4) is 0 Å². The van der Waals surface area contributed by atoms with Crippen molar-refractivity contribution >= 4 is 11.8 Å². The number of carbonyl (C=O) groups is 2.